The highest BCUT2D eigenvalue weighted by molar-refractivity contribution is 6.07. The minimum Gasteiger partial charge on any atom is -0.453 e. The fourth-order valence-electron chi connectivity index (χ4n) is 3.65. The third-order valence-electron chi connectivity index (χ3n) is 5.03. The van der Waals surface area contributed by atoms with E-state index in [9.17, 15) is 23.6 Å². The molecular formula is C19H20FNO5. The molecule has 0 radical (unpaired) electrons. The summed E-state index contributed by atoms with van der Waals surface area (Å²) in [6.07, 6.45) is 2.05. The lowest BCUT2D eigenvalue weighted by Crippen LogP contribution is -2.38. The molecule has 1 saturated carbocycles. The molecule has 0 bridgehead atoms. The second-order valence-corrected chi connectivity index (χ2v) is 6.76. The summed E-state index contributed by atoms with van der Waals surface area (Å²) in [5.74, 6) is -3.08. The van der Waals surface area contributed by atoms with E-state index in [1.807, 2.05) is 0 Å². The monoisotopic (exact) mass is 361 g/mol. The second-order valence-electron chi connectivity index (χ2n) is 6.76. The van der Waals surface area contributed by atoms with Crippen molar-refractivity contribution in [3.63, 3.8) is 0 Å². The minimum atomic E-state index is -1.09. The zero-order valence-corrected chi connectivity index (χ0v) is 14.4. The van der Waals surface area contributed by atoms with Gasteiger partial charge in [-0.05, 0) is 44.0 Å². The summed E-state index contributed by atoms with van der Waals surface area (Å²) in [4.78, 5) is 50.0. The number of fused-ring (bicyclic) bond motifs is 1. The summed E-state index contributed by atoms with van der Waals surface area (Å²) in [7, 11) is 0. The molecular weight excluding hydrogens is 341 g/mol. The molecule has 7 heteroatoms. The van der Waals surface area contributed by atoms with Crippen LogP contribution in [-0.2, 0) is 19.1 Å². The molecule has 0 unspecified atom stereocenters. The number of halogens is 1. The number of hydrogen-bond acceptors (Lipinski definition) is 5. The molecule has 1 aliphatic carbocycles. The molecule has 3 rings (SSSR count). The van der Waals surface area contributed by atoms with Crippen molar-refractivity contribution in [3.05, 3.63) is 35.6 Å². The van der Waals surface area contributed by atoms with Crippen molar-refractivity contribution in [1.82, 2.24) is 4.90 Å². The molecule has 0 spiro atoms. The molecule has 1 aromatic rings. The number of nitrogens with zero attached hydrogens (tertiary/aromatic N) is 1. The predicted octanol–water partition coefficient (Wildman–Crippen LogP) is 2.12. The van der Waals surface area contributed by atoms with Gasteiger partial charge in [0.1, 0.15) is 12.4 Å². The van der Waals surface area contributed by atoms with Gasteiger partial charge in [-0.25, -0.2) is 4.39 Å². The van der Waals surface area contributed by atoms with Crippen molar-refractivity contribution in [2.24, 2.45) is 11.8 Å². The van der Waals surface area contributed by atoms with Gasteiger partial charge in [0.15, 0.2) is 6.10 Å². The first-order valence-corrected chi connectivity index (χ1v) is 8.73. The normalized spacial score (nSPS) is 23.5. The van der Waals surface area contributed by atoms with Gasteiger partial charge in [-0.1, -0.05) is 12.8 Å². The molecule has 0 aromatic heterocycles. The summed E-state index contributed by atoms with van der Waals surface area (Å²) < 4.78 is 18.0. The third-order valence-corrected chi connectivity index (χ3v) is 5.03. The van der Waals surface area contributed by atoms with E-state index >= 15 is 0 Å². The van der Waals surface area contributed by atoms with Crippen LogP contribution in [0.4, 0.5) is 4.39 Å². The van der Waals surface area contributed by atoms with Gasteiger partial charge >= 0.3 is 5.97 Å². The highest BCUT2D eigenvalue weighted by atomic mass is 19.1. The smallest absolute Gasteiger partial charge is 0.326 e. The highest BCUT2D eigenvalue weighted by Crippen LogP contribution is 2.37. The molecule has 6 nitrogen and oxygen atoms in total. The fourth-order valence-corrected chi connectivity index (χ4v) is 3.65. The van der Waals surface area contributed by atoms with E-state index in [4.69, 9.17) is 4.74 Å². The molecule has 26 heavy (non-hydrogen) atoms. The van der Waals surface area contributed by atoms with Crippen molar-refractivity contribution in [2.45, 2.75) is 38.7 Å². The van der Waals surface area contributed by atoms with E-state index in [-0.39, 0.29) is 29.2 Å². The summed E-state index contributed by atoms with van der Waals surface area (Å²) in [6, 6.07) is 4.90. The third kappa shape index (κ3) is 3.52. The Morgan fingerprint density at radius 3 is 2.19 bits per heavy atom. The number of likely N-dealkylation sites (tertiary alicyclic amines) is 1. The predicted molar refractivity (Wildman–Crippen MR) is 88.5 cm³/mol. The number of benzene rings is 1. The molecule has 0 N–H and O–H groups in total. The first-order valence-electron chi connectivity index (χ1n) is 8.73. The Bertz CT molecular complexity index is 721. The number of imide groups is 1. The number of esters is 1. The molecule has 2 amide bonds. The maximum Gasteiger partial charge on any atom is 0.326 e. The number of hydrogen-bond donors (Lipinski definition) is 0. The van der Waals surface area contributed by atoms with Crippen LogP contribution in [0.25, 0.3) is 0 Å². The van der Waals surface area contributed by atoms with E-state index < -0.39 is 30.2 Å². The molecule has 1 saturated heterocycles. The maximum atomic E-state index is 12.9. The Morgan fingerprint density at radius 2 is 1.65 bits per heavy atom. The first kappa shape index (κ1) is 18.2. The number of ketones is 1. The summed E-state index contributed by atoms with van der Waals surface area (Å²) in [5, 5.41) is 0. The van der Waals surface area contributed by atoms with Gasteiger partial charge < -0.3 is 4.74 Å². The van der Waals surface area contributed by atoms with Gasteiger partial charge in [0, 0.05) is 5.56 Å². The van der Waals surface area contributed by atoms with E-state index in [2.05, 4.69) is 0 Å². The lowest BCUT2D eigenvalue weighted by Gasteiger charge is -2.19. The highest BCUT2D eigenvalue weighted by Gasteiger charge is 2.48. The van der Waals surface area contributed by atoms with Gasteiger partial charge in [-0.15, -0.1) is 0 Å². The maximum absolute atomic E-state index is 12.9. The van der Waals surface area contributed by atoms with Crippen molar-refractivity contribution < 1.29 is 28.3 Å². The van der Waals surface area contributed by atoms with Crippen molar-refractivity contribution in [3.8, 4) is 0 Å². The second kappa shape index (κ2) is 7.35. The minimum absolute atomic E-state index is 0.214. The quantitative estimate of drug-likeness (QED) is 0.456. The van der Waals surface area contributed by atoms with Gasteiger partial charge in [0.25, 0.3) is 0 Å². The van der Waals surface area contributed by atoms with Crippen LogP contribution in [0.1, 0.15) is 43.0 Å². The van der Waals surface area contributed by atoms with Crippen molar-refractivity contribution >= 4 is 23.6 Å². The molecule has 2 fully saturated rings. The van der Waals surface area contributed by atoms with Crippen LogP contribution < -0.4 is 0 Å². The Morgan fingerprint density at radius 1 is 1.12 bits per heavy atom. The van der Waals surface area contributed by atoms with E-state index in [1.54, 1.807) is 0 Å². The van der Waals surface area contributed by atoms with Crippen LogP contribution in [0, 0.1) is 17.7 Å². The topological polar surface area (TPSA) is 80.8 Å². The van der Waals surface area contributed by atoms with E-state index in [0.717, 1.165) is 29.9 Å². The fraction of sp³-hybridized carbons (Fsp3) is 0.474. The molecule has 1 aromatic carbocycles. The lowest BCUT2D eigenvalue weighted by atomic mass is 9.81. The number of carbonyl (C=O) groups excluding carboxylic acids is 4. The lowest BCUT2D eigenvalue weighted by molar-refractivity contribution is -0.154. The molecule has 1 heterocycles. The van der Waals surface area contributed by atoms with Crippen LogP contribution >= 0.6 is 0 Å². The zero-order chi connectivity index (χ0) is 18.8. The Labute approximate surface area is 150 Å². The standard InChI is InChI=1S/C19H20FNO5/c1-11(17(23)12-6-8-13(20)9-7-12)26-16(22)10-21-18(24)14-4-2-3-5-15(14)19(21)25/h6-9,11,14-15H,2-5,10H2,1H3/t11-,14-,15-/m0/s1. The molecule has 138 valence electrons. The Balaban J connectivity index is 1.59. The summed E-state index contributed by atoms with van der Waals surface area (Å²) >= 11 is 0. The van der Waals surface area contributed by atoms with Crippen molar-refractivity contribution in [1.29, 1.82) is 0 Å². The van der Waals surface area contributed by atoms with Crippen LogP contribution in [0.2, 0.25) is 0 Å². The molecule has 3 atom stereocenters. The summed E-state index contributed by atoms with van der Waals surface area (Å²) in [5.41, 5.74) is 0.214. The Kier molecular flexibility index (Phi) is 5.15. The van der Waals surface area contributed by atoms with Crippen molar-refractivity contribution in [2.75, 3.05) is 6.54 Å². The number of ether oxygens (including phenoxy) is 1. The number of carbonyl (C=O) groups is 4. The number of rotatable bonds is 5. The zero-order valence-electron chi connectivity index (χ0n) is 14.4. The average Bonchev–Trinajstić information content (AvgIpc) is 2.87. The number of Topliss-reactive ketones (excluding diaryl/α,β-unsaturated/α-hetero) is 1. The van der Waals surface area contributed by atoms with Crippen LogP contribution in [0.3, 0.4) is 0 Å². The van der Waals surface area contributed by atoms with Gasteiger partial charge in [0.2, 0.25) is 17.6 Å². The van der Waals surface area contributed by atoms with Crippen LogP contribution in [0.15, 0.2) is 24.3 Å². The average molecular weight is 361 g/mol. The largest absolute Gasteiger partial charge is 0.453 e. The Hall–Kier alpha value is -2.57. The number of amides is 2. The first-order chi connectivity index (χ1) is 12.4. The van der Waals surface area contributed by atoms with Crippen LogP contribution in [-0.4, -0.2) is 41.1 Å². The molecule has 1 aliphatic heterocycles. The van der Waals surface area contributed by atoms with Gasteiger partial charge in [-0.3, -0.25) is 24.1 Å². The van der Waals surface area contributed by atoms with Gasteiger partial charge in [0.05, 0.1) is 11.8 Å². The van der Waals surface area contributed by atoms with Gasteiger partial charge in [-0.2, -0.15) is 0 Å². The molecule has 2 aliphatic rings. The summed E-state index contributed by atoms with van der Waals surface area (Å²) in [6.45, 7) is 0.919. The van der Waals surface area contributed by atoms with E-state index in [1.165, 1.54) is 19.1 Å². The SMILES string of the molecule is C[C@H](OC(=O)CN1C(=O)[C@H]2CCCC[C@@H]2C1=O)C(=O)c1ccc(F)cc1. The van der Waals surface area contributed by atoms with E-state index in [0.29, 0.717) is 12.8 Å². The van der Waals surface area contributed by atoms with Crippen LogP contribution in [0.5, 0.6) is 0 Å².